The smallest absolute Gasteiger partial charge is 0.254 e. The molecular formula is C20H22N4O5. The van der Waals surface area contributed by atoms with Gasteiger partial charge in [0.15, 0.2) is 12.2 Å². The summed E-state index contributed by atoms with van der Waals surface area (Å²) in [5, 5.41) is 35.4. The molecule has 1 saturated heterocycles. The standard InChI is InChI=1S/C20H22N4O5/c1-12-3-2-8-24(12)20(28)18(26)17(25)19(27)22-10-13-4-6-14(7-5-13)16-15(9-21)11-29-23-16/h4-7,11-12,17-18,25-26H,2-3,8,10H2,1H3,(H,22,27)/t12-,17+,18+/m0/s1. The second-order valence-electron chi connectivity index (χ2n) is 7.02. The molecule has 2 aromatic rings. The molecule has 1 aromatic carbocycles. The van der Waals surface area contributed by atoms with Crippen molar-refractivity contribution >= 4 is 11.8 Å². The van der Waals surface area contributed by atoms with Gasteiger partial charge in [-0.3, -0.25) is 9.59 Å². The van der Waals surface area contributed by atoms with Gasteiger partial charge in [-0.15, -0.1) is 0 Å². The molecule has 2 amide bonds. The van der Waals surface area contributed by atoms with Crippen molar-refractivity contribution in [2.75, 3.05) is 6.54 Å². The number of carbonyl (C=O) groups excluding carboxylic acids is 2. The summed E-state index contributed by atoms with van der Waals surface area (Å²) in [7, 11) is 0. The van der Waals surface area contributed by atoms with E-state index in [1.165, 1.54) is 11.2 Å². The zero-order chi connectivity index (χ0) is 21.0. The first-order valence-electron chi connectivity index (χ1n) is 9.30. The van der Waals surface area contributed by atoms with E-state index in [4.69, 9.17) is 9.78 Å². The predicted molar refractivity (Wildman–Crippen MR) is 101 cm³/mol. The summed E-state index contributed by atoms with van der Waals surface area (Å²) in [4.78, 5) is 25.9. The van der Waals surface area contributed by atoms with Crippen molar-refractivity contribution in [2.24, 2.45) is 0 Å². The highest BCUT2D eigenvalue weighted by atomic mass is 16.5. The van der Waals surface area contributed by atoms with E-state index in [1.54, 1.807) is 24.3 Å². The largest absolute Gasteiger partial charge is 0.380 e. The number of rotatable bonds is 6. The highest BCUT2D eigenvalue weighted by Gasteiger charge is 2.36. The summed E-state index contributed by atoms with van der Waals surface area (Å²) in [6.07, 6.45) is -0.707. The minimum Gasteiger partial charge on any atom is -0.380 e. The van der Waals surface area contributed by atoms with Crippen molar-refractivity contribution in [2.45, 2.75) is 44.6 Å². The Balaban J connectivity index is 1.56. The van der Waals surface area contributed by atoms with Crippen LogP contribution in [-0.2, 0) is 16.1 Å². The van der Waals surface area contributed by atoms with Crippen LogP contribution in [0.15, 0.2) is 35.1 Å². The highest BCUT2D eigenvalue weighted by Crippen LogP contribution is 2.22. The van der Waals surface area contributed by atoms with Crippen LogP contribution < -0.4 is 5.32 Å². The van der Waals surface area contributed by atoms with Gasteiger partial charge in [-0.1, -0.05) is 29.4 Å². The Labute approximate surface area is 167 Å². The molecule has 9 nitrogen and oxygen atoms in total. The molecule has 0 spiro atoms. The number of aromatic nitrogens is 1. The van der Waals surface area contributed by atoms with Crippen molar-refractivity contribution in [3.8, 4) is 17.3 Å². The summed E-state index contributed by atoms with van der Waals surface area (Å²) in [5.74, 6) is -1.46. The molecule has 29 heavy (non-hydrogen) atoms. The summed E-state index contributed by atoms with van der Waals surface area (Å²) >= 11 is 0. The fourth-order valence-electron chi connectivity index (χ4n) is 3.31. The van der Waals surface area contributed by atoms with Crippen LogP contribution in [0.5, 0.6) is 0 Å². The number of benzene rings is 1. The van der Waals surface area contributed by atoms with Crippen LogP contribution in [0, 0.1) is 11.3 Å². The van der Waals surface area contributed by atoms with E-state index in [-0.39, 0.29) is 12.6 Å². The lowest BCUT2D eigenvalue weighted by Crippen LogP contribution is -2.51. The van der Waals surface area contributed by atoms with E-state index in [9.17, 15) is 19.8 Å². The Bertz CT molecular complexity index is 918. The average Bonchev–Trinajstić information content (AvgIpc) is 3.39. The number of amides is 2. The Morgan fingerprint density at radius 3 is 2.69 bits per heavy atom. The van der Waals surface area contributed by atoms with Crippen LogP contribution in [0.1, 0.15) is 30.9 Å². The summed E-state index contributed by atoms with van der Waals surface area (Å²) < 4.78 is 4.80. The van der Waals surface area contributed by atoms with Gasteiger partial charge in [0.25, 0.3) is 11.8 Å². The van der Waals surface area contributed by atoms with Crippen molar-refractivity contribution in [1.29, 1.82) is 5.26 Å². The molecule has 0 bridgehead atoms. The molecule has 0 radical (unpaired) electrons. The molecule has 1 aliphatic rings. The molecule has 3 atom stereocenters. The van der Waals surface area contributed by atoms with Crippen LogP contribution >= 0.6 is 0 Å². The zero-order valence-electron chi connectivity index (χ0n) is 15.9. The maximum atomic E-state index is 12.3. The summed E-state index contributed by atoms with van der Waals surface area (Å²) in [6, 6.07) is 8.88. The number of likely N-dealkylation sites (tertiary alicyclic amines) is 1. The normalized spacial score (nSPS) is 18.1. The number of nitrogens with one attached hydrogen (secondary N) is 1. The molecule has 0 unspecified atom stereocenters. The molecule has 152 valence electrons. The number of carbonyl (C=O) groups is 2. The number of nitrogens with zero attached hydrogens (tertiary/aromatic N) is 3. The maximum Gasteiger partial charge on any atom is 0.254 e. The van der Waals surface area contributed by atoms with Crippen LogP contribution in [0.25, 0.3) is 11.3 Å². The van der Waals surface area contributed by atoms with Crippen LogP contribution in [0.3, 0.4) is 0 Å². The third-order valence-corrected chi connectivity index (χ3v) is 5.04. The number of hydrogen-bond donors (Lipinski definition) is 3. The fourth-order valence-corrected chi connectivity index (χ4v) is 3.31. The number of nitriles is 1. The van der Waals surface area contributed by atoms with E-state index in [0.29, 0.717) is 23.4 Å². The third-order valence-electron chi connectivity index (χ3n) is 5.04. The lowest BCUT2D eigenvalue weighted by atomic mass is 10.1. The Morgan fingerprint density at radius 2 is 2.07 bits per heavy atom. The molecule has 2 heterocycles. The quantitative estimate of drug-likeness (QED) is 0.646. The van der Waals surface area contributed by atoms with Crippen LogP contribution in [-0.4, -0.2) is 56.9 Å². The van der Waals surface area contributed by atoms with Gasteiger partial charge in [-0.25, -0.2) is 0 Å². The van der Waals surface area contributed by atoms with Gasteiger partial charge in [0.1, 0.15) is 23.6 Å². The van der Waals surface area contributed by atoms with Crippen LogP contribution in [0.4, 0.5) is 0 Å². The van der Waals surface area contributed by atoms with Crippen LogP contribution in [0.2, 0.25) is 0 Å². The zero-order valence-corrected chi connectivity index (χ0v) is 15.9. The SMILES string of the molecule is C[C@H]1CCCN1C(=O)[C@H](O)[C@@H](O)C(=O)NCc1ccc(-c2nocc2C#N)cc1. The monoisotopic (exact) mass is 398 g/mol. The first-order chi connectivity index (χ1) is 13.9. The van der Waals surface area contributed by atoms with E-state index < -0.39 is 24.0 Å². The second-order valence-corrected chi connectivity index (χ2v) is 7.02. The topological polar surface area (TPSA) is 140 Å². The molecule has 1 aliphatic heterocycles. The Kier molecular flexibility index (Phi) is 6.26. The van der Waals surface area contributed by atoms with Crippen molar-refractivity contribution in [3.63, 3.8) is 0 Å². The summed E-state index contributed by atoms with van der Waals surface area (Å²) in [6.45, 7) is 2.48. The Morgan fingerprint density at radius 1 is 1.34 bits per heavy atom. The van der Waals surface area contributed by atoms with Gasteiger partial charge in [0, 0.05) is 24.7 Å². The van der Waals surface area contributed by atoms with E-state index in [2.05, 4.69) is 10.5 Å². The van der Waals surface area contributed by atoms with E-state index in [0.717, 1.165) is 18.4 Å². The molecule has 9 heteroatoms. The van der Waals surface area contributed by atoms with Crippen molar-refractivity contribution in [1.82, 2.24) is 15.4 Å². The third kappa shape index (κ3) is 4.45. The van der Waals surface area contributed by atoms with Gasteiger partial charge in [-0.2, -0.15) is 5.26 Å². The molecular weight excluding hydrogens is 376 g/mol. The summed E-state index contributed by atoms with van der Waals surface area (Å²) in [5.41, 5.74) is 2.16. The Hall–Kier alpha value is -3.22. The number of aliphatic hydroxyl groups is 2. The van der Waals surface area contributed by atoms with Gasteiger partial charge in [0.05, 0.1) is 0 Å². The first-order valence-corrected chi connectivity index (χ1v) is 9.30. The van der Waals surface area contributed by atoms with Gasteiger partial charge < -0.3 is 25.0 Å². The van der Waals surface area contributed by atoms with Crippen molar-refractivity contribution in [3.05, 3.63) is 41.7 Å². The lowest BCUT2D eigenvalue weighted by Gasteiger charge is -2.26. The van der Waals surface area contributed by atoms with Gasteiger partial charge in [0.2, 0.25) is 0 Å². The van der Waals surface area contributed by atoms with E-state index >= 15 is 0 Å². The fraction of sp³-hybridized carbons (Fsp3) is 0.400. The molecule has 3 rings (SSSR count). The maximum absolute atomic E-state index is 12.3. The average molecular weight is 398 g/mol. The predicted octanol–water partition coefficient (Wildman–Crippen LogP) is 0.562. The lowest BCUT2D eigenvalue weighted by molar-refractivity contribution is -0.153. The first kappa shape index (κ1) is 20.5. The van der Waals surface area contributed by atoms with Gasteiger partial charge in [-0.05, 0) is 25.3 Å². The number of hydrogen-bond acceptors (Lipinski definition) is 7. The van der Waals surface area contributed by atoms with E-state index in [1.807, 2.05) is 13.0 Å². The van der Waals surface area contributed by atoms with Gasteiger partial charge >= 0.3 is 0 Å². The minimum absolute atomic E-state index is 0.0165. The second kappa shape index (κ2) is 8.86. The highest BCUT2D eigenvalue weighted by molar-refractivity contribution is 5.90. The molecule has 0 saturated carbocycles. The number of aliphatic hydroxyl groups excluding tert-OH is 2. The van der Waals surface area contributed by atoms with Crippen molar-refractivity contribution < 1.29 is 24.3 Å². The minimum atomic E-state index is -1.84. The molecule has 3 N–H and O–H groups in total. The molecule has 1 fully saturated rings. The molecule has 0 aliphatic carbocycles. The molecule has 1 aromatic heterocycles.